The quantitative estimate of drug-likeness (QED) is 0.240. The van der Waals surface area contributed by atoms with Crippen LogP contribution in [0.1, 0.15) is 36.7 Å². The molecule has 220 valence electrons. The fourth-order valence-corrected chi connectivity index (χ4v) is 5.41. The Labute approximate surface area is 245 Å². The summed E-state index contributed by atoms with van der Waals surface area (Å²) in [7, 11) is 0. The number of cyclic esters (lactones) is 1. The summed E-state index contributed by atoms with van der Waals surface area (Å²) in [5.41, 5.74) is 1.70. The van der Waals surface area contributed by atoms with E-state index in [4.69, 9.17) is 14.9 Å². The molecule has 0 spiro atoms. The normalized spacial score (nSPS) is 18.6. The van der Waals surface area contributed by atoms with Crippen molar-refractivity contribution in [3.8, 4) is 0 Å². The Hall–Kier alpha value is -4.28. The lowest BCUT2D eigenvalue weighted by Gasteiger charge is -2.37. The number of amides is 2. The number of nitrogens with one attached hydrogen (secondary N) is 2. The minimum Gasteiger partial charge on any atom is -0.462 e. The lowest BCUT2D eigenvalue weighted by Crippen LogP contribution is -2.53. The van der Waals surface area contributed by atoms with Gasteiger partial charge in [-0.2, -0.15) is 0 Å². The third kappa shape index (κ3) is 6.61. The second-order valence-corrected chi connectivity index (χ2v) is 11.0. The molecule has 2 amide bonds. The van der Waals surface area contributed by atoms with Crippen LogP contribution in [0.2, 0.25) is 0 Å². The zero-order valence-corrected chi connectivity index (χ0v) is 24.2. The van der Waals surface area contributed by atoms with Crippen LogP contribution < -0.4 is 10.2 Å². The van der Waals surface area contributed by atoms with Gasteiger partial charge in [0.15, 0.2) is 0 Å². The van der Waals surface area contributed by atoms with Gasteiger partial charge in [-0.3, -0.25) is 29.7 Å². The zero-order valence-electron chi connectivity index (χ0n) is 24.2. The van der Waals surface area contributed by atoms with E-state index in [1.807, 2.05) is 57.2 Å². The molecule has 3 aromatic rings. The second-order valence-electron chi connectivity index (χ2n) is 11.0. The van der Waals surface area contributed by atoms with Crippen LogP contribution in [0, 0.1) is 5.41 Å². The van der Waals surface area contributed by atoms with E-state index in [1.54, 1.807) is 35.2 Å². The highest BCUT2D eigenvalue weighted by Crippen LogP contribution is 2.24. The number of benzene rings is 3. The third-order valence-corrected chi connectivity index (χ3v) is 7.72. The smallest absolute Gasteiger partial charge is 0.414 e. The lowest BCUT2D eigenvalue weighted by atomic mass is 10.0. The first kappa shape index (κ1) is 29.2. The van der Waals surface area contributed by atoms with Gasteiger partial charge in [0.25, 0.3) is 5.91 Å². The van der Waals surface area contributed by atoms with Crippen LogP contribution in [0.25, 0.3) is 10.8 Å². The monoisotopic (exact) mass is 571 g/mol. The van der Waals surface area contributed by atoms with Crippen molar-refractivity contribution >= 4 is 40.3 Å². The molecule has 5 rings (SSSR count). The average Bonchev–Trinajstić information content (AvgIpc) is 3.36. The second kappa shape index (κ2) is 12.7. The maximum absolute atomic E-state index is 12.9. The summed E-state index contributed by atoms with van der Waals surface area (Å²) in [6.07, 6.45) is -0.813. The van der Waals surface area contributed by atoms with Gasteiger partial charge in [-0.25, -0.2) is 4.79 Å². The number of nitrogens with zero attached hydrogens (tertiary/aromatic N) is 3. The molecule has 2 heterocycles. The van der Waals surface area contributed by atoms with Crippen molar-refractivity contribution in [2.24, 2.45) is 0 Å². The number of carbonyl (C=O) groups excluding carboxylic acids is 3. The highest BCUT2D eigenvalue weighted by Gasteiger charge is 2.35. The number of esters is 1. The molecule has 10 nitrogen and oxygen atoms in total. The van der Waals surface area contributed by atoms with Gasteiger partial charge in [-0.05, 0) is 61.9 Å². The highest BCUT2D eigenvalue weighted by molar-refractivity contribution is 6.16. The lowest BCUT2D eigenvalue weighted by molar-refractivity contribution is -0.154. The molecule has 2 atom stereocenters. The molecule has 2 saturated heterocycles. The molecule has 42 heavy (non-hydrogen) atoms. The standard InChI is InChI=1S/C32H37N5O5/c1-21(2)41-31(39)22(3)36-17-15-35(16-18-36)19-26-20-37(32(40)42-26)25-13-11-24(12-14-25)29(33)34-30(38)28-10-6-8-23-7-4-5-9-27(23)28/h4-14,21-22,26H,15-20H2,1-3H3,(H2,33,34,38). The number of ether oxygens (including phenoxy) is 2. The van der Waals surface area contributed by atoms with Crippen LogP contribution in [0.5, 0.6) is 0 Å². The topological polar surface area (TPSA) is 115 Å². The van der Waals surface area contributed by atoms with Gasteiger partial charge < -0.3 is 14.8 Å². The summed E-state index contributed by atoms with van der Waals surface area (Å²) >= 11 is 0. The molecule has 0 aromatic heterocycles. The van der Waals surface area contributed by atoms with Crippen molar-refractivity contribution in [3.05, 3.63) is 77.9 Å². The molecule has 10 heteroatoms. The van der Waals surface area contributed by atoms with Crippen LogP contribution >= 0.6 is 0 Å². The van der Waals surface area contributed by atoms with Gasteiger partial charge in [0.05, 0.1) is 12.6 Å². The molecule has 0 saturated carbocycles. The maximum atomic E-state index is 12.9. The Bertz CT molecular complexity index is 1460. The largest absolute Gasteiger partial charge is 0.462 e. The van der Waals surface area contributed by atoms with Crippen LogP contribution in [0.4, 0.5) is 10.5 Å². The van der Waals surface area contributed by atoms with E-state index in [0.717, 1.165) is 37.0 Å². The molecule has 0 aliphatic carbocycles. The first-order chi connectivity index (χ1) is 20.2. The molecule has 0 bridgehead atoms. The number of carbonyl (C=O) groups is 3. The molecular formula is C32H37N5O5. The first-order valence-corrected chi connectivity index (χ1v) is 14.3. The van der Waals surface area contributed by atoms with Crippen LogP contribution in [-0.2, 0) is 14.3 Å². The maximum Gasteiger partial charge on any atom is 0.414 e. The van der Waals surface area contributed by atoms with E-state index in [2.05, 4.69) is 15.1 Å². The van der Waals surface area contributed by atoms with Gasteiger partial charge >= 0.3 is 12.1 Å². The Morgan fingerprint density at radius 1 is 0.976 bits per heavy atom. The summed E-state index contributed by atoms with van der Waals surface area (Å²) in [6, 6.07) is 19.8. The molecule has 2 unspecified atom stereocenters. The van der Waals surface area contributed by atoms with Crippen molar-refractivity contribution in [1.82, 2.24) is 15.1 Å². The molecule has 3 aromatic carbocycles. The number of fused-ring (bicyclic) bond motifs is 1. The third-order valence-electron chi connectivity index (χ3n) is 7.72. The average molecular weight is 572 g/mol. The number of hydrogen-bond acceptors (Lipinski definition) is 8. The van der Waals surface area contributed by atoms with Gasteiger partial charge in [-0.1, -0.05) is 36.4 Å². The van der Waals surface area contributed by atoms with Gasteiger partial charge in [-0.15, -0.1) is 0 Å². The Morgan fingerprint density at radius 2 is 1.67 bits per heavy atom. The van der Waals surface area contributed by atoms with Crippen LogP contribution in [0.15, 0.2) is 66.7 Å². The molecule has 2 aliphatic heterocycles. The zero-order chi connectivity index (χ0) is 29.8. The van der Waals surface area contributed by atoms with Crippen LogP contribution in [0.3, 0.4) is 0 Å². The van der Waals surface area contributed by atoms with E-state index in [9.17, 15) is 14.4 Å². The molecular weight excluding hydrogens is 534 g/mol. The number of amidine groups is 1. The Kier molecular flexibility index (Phi) is 8.84. The Morgan fingerprint density at radius 3 is 2.38 bits per heavy atom. The van der Waals surface area contributed by atoms with Crippen molar-refractivity contribution in [3.63, 3.8) is 0 Å². The van der Waals surface area contributed by atoms with Crippen molar-refractivity contribution in [1.29, 1.82) is 5.41 Å². The van der Waals surface area contributed by atoms with Crippen LogP contribution in [-0.4, -0.2) is 91.1 Å². The van der Waals surface area contributed by atoms with Crippen molar-refractivity contribution < 1.29 is 23.9 Å². The molecule has 2 N–H and O–H groups in total. The van der Waals surface area contributed by atoms with E-state index < -0.39 is 6.09 Å². The summed E-state index contributed by atoms with van der Waals surface area (Å²) in [5.74, 6) is -0.572. The van der Waals surface area contributed by atoms with Gasteiger partial charge in [0.1, 0.15) is 18.0 Å². The summed E-state index contributed by atoms with van der Waals surface area (Å²) in [6.45, 7) is 9.64. The SMILES string of the molecule is CC(C)OC(=O)C(C)N1CCN(CC2CN(c3ccc(C(=N)NC(=O)c4cccc5ccccc45)cc3)C(=O)O2)CC1. The molecule has 2 aliphatic rings. The molecule has 0 radical (unpaired) electrons. The van der Waals surface area contributed by atoms with E-state index >= 15 is 0 Å². The minimum atomic E-state index is -0.407. The summed E-state index contributed by atoms with van der Waals surface area (Å²) in [5, 5.41) is 12.9. The van der Waals surface area contributed by atoms with Crippen molar-refractivity contribution in [2.75, 3.05) is 44.2 Å². The number of rotatable bonds is 8. The fraction of sp³-hybridized carbons (Fsp3) is 0.375. The predicted octanol–water partition coefficient (Wildman–Crippen LogP) is 3.88. The van der Waals surface area contributed by atoms with Gasteiger partial charge in [0.2, 0.25) is 0 Å². The Balaban J connectivity index is 1.13. The van der Waals surface area contributed by atoms with E-state index in [0.29, 0.717) is 29.9 Å². The first-order valence-electron chi connectivity index (χ1n) is 14.3. The summed E-state index contributed by atoms with van der Waals surface area (Å²) in [4.78, 5) is 43.8. The van der Waals surface area contributed by atoms with E-state index in [1.165, 1.54) is 0 Å². The van der Waals surface area contributed by atoms with Crippen molar-refractivity contribution in [2.45, 2.75) is 39.0 Å². The number of hydrogen-bond donors (Lipinski definition) is 2. The highest BCUT2D eigenvalue weighted by atomic mass is 16.6. The number of piperazine rings is 1. The van der Waals surface area contributed by atoms with E-state index in [-0.39, 0.29) is 36.0 Å². The predicted molar refractivity (Wildman–Crippen MR) is 161 cm³/mol. The summed E-state index contributed by atoms with van der Waals surface area (Å²) < 4.78 is 11.0. The molecule has 2 fully saturated rings. The van der Waals surface area contributed by atoms with Gasteiger partial charge in [0, 0.05) is 49.5 Å². The fourth-order valence-electron chi connectivity index (χ4n) is 5.41. The minimum absolute atomic E-state index is 0.0210. The number of anilines is 1.